The maximum absolute atomic E-state index is 14.3. The number of carbonyl (C=O) groups excluding carboxylic acids is 1. The minimum absolute atomic E-state index is 0.224. The summed E-state index contributed by atoms with van der Waals surface area (Å²) in [5.41, 5.74) is 3.73. The van der Waals surface area contributed by atoms with Gasteiger partial charge in [0, 0.05) is 13.7 Å². The molecule has 6 heteroatoms. The van der Waals surface area contributed by atoms with Gasteiger partial charge in [-0.25, -0.2) is 4.39 Å². The van der Waals surface area contributed by atoms with Crippen LogP contribution in [0, 0.1) is 19.7 Å². The number of hydrogen-bond acceptors (Lipinski definition) is 3. The topological polar surface area (TPSA) is 43.6 Å². The van der Waals surface area contributed by atoms with E-state index < -0.39 is 0 Å². The molecule has 1 amide bonds. The van der Waals surface area contributed by atoms with E-state index in [1.807, 2.05) is 38.1 Å². The number of thiazole rings is 1. The number of aryl methyl sites for hydroxylation is 2. The molecule has 3 aromatic rings. The van der Waals surface area contributed by atoms with Gasteiger partial charge in [0.25, 0.3) is 5.91 Å². The first-order valence-electron chi connectivity index (χ1n) is 8.40. The Kier molecular flexibility index (Phi) is 5.64. The largest absolute Gasteiger partial charge is 0.383 e. The molecular weight excluding hydrogens is 351 g/mol. The highest BCUT2D eigenvalue weighted by Gasteiger charge is 2.12. The van der Waals surface area contributed by atoms with Crippen LogP contribution in [0.25, 0.3) is 10.2 Å². The number of rotatable bonds is 5. The van der Waals surface area contributed by atoms with Gasteiger partial charge in [-0.2, -0.15) is 4.99 Å². The summed E-state index contributed by atoms with van der Waals surface area (Å²) in [6.45, 7) is 4.91. The van der Waals surface area contributed by atoms with Gasteiger partial charge < -0.3 is 9.30 Å². The molecule has 4 nitrogen and oxygen atoms in total. The fraction of sp³-hybridized carbons (Fsp3) is 0.300. The summed E-state index contributed by atoms with van der Waals surface area (Å²) >= 11 is 1.31. The van der Waals surface area contributed by atoms with E-state index in [0.717, 1.165) is 15.8 Å². The third-order valence-corrected chi connectivity index (χ3v) is 5.36. The number of fused-ring (bicyclic) bond motifs is 1. The zero-order chi connectivity index (χ0) is 18.7. The average molecular weight is 372 g/mol. The molecule has 0 spiro atoms. The predicted octanol–water partition coefficient (Wildman–Crippen LogP) is 3.78. The van der Waals surface area contributed by atoms with Crippen molar-refractivity contribution in [2.24, 2.45) is 4.99 Å². The Labute approximate surface area is 155 Å². The van der Waals surface area contributed by atoms with Crippen molar-refractivity contribution in [2.45, 2.75) is 26.8 Å². The number of benzene rings is 2. The van der Waals surface area contributed by atoms with E-state index in [1.54, 1.807) is 17.7 Å². The highest BCUT2D eigenvalue weighted by atomic mass is 32.1. The molecule has 136 valence electrons. The normalized spacial score (nSPS) is 12.1. The summed E-state index contributed by atoms with van der Waals surface area (Å²) in [5.74, 6) is -0.565. The maximum Gasteiger partial charge on any atom is 0.252 e. The third-order valence-electron chi connectivity index (χ3n) is 4.32. The number of aromatic nitrogens is 1. The highest BCUT2D eigenvalue weighted by Crippen LogP contribution is 2.20. The zero-order valence-electron chi connectivity index (χ0n) is 15.1. The molecular formula is C20H21FN2O2S. The minimum Gasteiger partial charge on any atom is -0.383 e. The lowest BCUT2D eigenvalue weighted by atomic mass is 10.0. The number of amides is 1. The van der Waals surface area contributed by atoms with E-state index >= 15 is 0 Å². The summed E-state index contributed by atoms with van der Waals surface area (Å²) in [6.07, 6.45) is 0.224. The third kappa shape index (κ3) is 3.92. The summed E-state index contributed by atoms with van der Waals surface area (Å²) in [6, 6.07) is 10.9. The Morgan fingerprint density at radius 1 is 1.23 bits per heavy atom. The Hall–Kier alpha value is -2.31. The van der Waals surface area contributed by atoms with Gasteiger partial charge in [-0.05, 0) is 42.7 Å². The van der Waals surface area contributed by atoms with Crippen LogP contribution in [0.15, 0.2) is 41.4 Å². The highest BCUT2D eigenvalue weighted by molar-refractivity contribution is 7.16. The SMILES string of the molecule is COCCn1c(=NC(=O)Cc2ccc(C)c(C)c2)sc2cccc(F)c21. The van der Waals surface area contributed by atoms with E-state index in [2.05, 4.69) is 4.99 Å². The van der Waals surface area contributed by atoms with Crippen molar-refractivity contribution in [1.29, 1.82) is 0 Å². The van der Waals surface area contributed by atoms with Gasteiger partial charge in [0.15, 0.2) is 4.80 Å². The van der Waals surface area contributed by atoms with Gasteiger partial charge in [0.05, 0.1) is 23.2 Å². The lowest BCUT2D eigenvalue weighted by Gasteiger charge is -2.05. The number of carbonyl (C=O) groups is 1. The number of halogens is 1. The zero-order valence-corrected chi connectivity index (χ0v) is 15.9. The Morgan fingerprint density at radius 2 is 2.04 bits per heavy atom. The van der Waals surface area contributed by atoms with Crippen LogP contribution in [-0.2, 0) is 22.5 Å². The van der Waals surface area contributed by atoms with Gasteiger partial charge in [-0.1, -0.05) is 35.6 Å². The quantitative estimate of drug-likeness (QED) is 0.684. The van der Waals surface area contributed by atoms with Crippen LogP contribution in [0.3, 0.4) is 0 Å². The summed E-state index contributed by atoms with van der Waals surface area (Å²) in [5, 5.41) is 0. The van der Waals surface area contributed by atoms with Gasteiger partial charge >= 0.3 is 0 Å². The van der Waals surface area contributed by atoms with Crippen molar-refractivity contribution >= 4 is 27.5 Å². The monoisotopic (exact) mass is 372 g/mol. The number of ether oxygens (including phenoxy) is 1. The molecule has 0 atom stereocenters. The van der Waals surface area contributed by atoms with Crippen molar-refractivity contribution < 1.29 is 13.9 Å². The molecule has 0 unspecified atom stereocenters. The molecule has 0 saturated heterocycles. The molecule has 0 radical (unpaired) electrons. The van der Waals surface area contributed by atoms with Crippen LogP contribution in [0.5, 0.6) is 0 Å². The fourth-order valence-electron chi connectivity index (χ4n) is 2.80. The van der Waals surface area contributed by atoms with Crippen LogP contribution in [-0.4, -0.2) is 24.2 Å². The number of para-hydroxylation sites is 1. The van der Waals surface area contributed by atoms with Crippen molar-refractivity contribution in [1.82, 2.24) is 4.57 Å². The predicted molar refractivity (Wildman–Crippen MR) is 102 cm³/mol. The molecule has 0 bridgehead atoms. The second-order valence-corrected chi connectivity index (χ2v) is 7.23. The molecule has 1 aromatic heterocycles. The summed E-state index contributed by atoms with van der Waals surface area (Å²) < 4.78 is 21.9. The van der Waals surface area contributed by atoms with Crippen LogP contribution >= 0.6 is 11.3 Å². The fourth-order valence-corrected chi connectivity index (χ4v) is 3.88. The minimum atomic E-state index is -0.321. The average Bonchev–Trinajstić information content (AvgIpc) is 2.94. The maximum atomic E-state index is 14.3. The lowest BCUT2D eigenvalue weighted by molar-refractivity contribution is -0.117. The van der Waals surface area contributed by atoms with E-state index in [0.29, 0.717) is 23.5 Å². The number of methoxy groups -OCH3 is 1. The van der Waals surface area contributed by atoms with Gasteiger partial charge in [-0.3, -0.25) is 4.79 Å². The molecule has 3 rings (SSSR count). The van der Waals surface area contributed by atoms with Crippen molar-refractivity contribution in [3.8, 4) is 0 Å². The van der Waals surface area contributed by atoms with Crippen LogP contribution < -0.4 is 4.80 Å². The molecule has 1 heterocycles. The molecule has 0 fully saturated rings. The molecule has 2 aromatic carbocycles. The van der Waals surface area contributed by atoms with Crippen molar-refractivity contribution in [2.75, 3.05) is 13.7 Å². The Balaban J connectivity index is 1.98. The molecule has 26 heavy (non-hydrogen) atoms. The van der Waals surface area contributed by atoms with E-state index in [1.165, 1.54) is 23.0 Å². The van der Waals surface area contributed by atoms with Gasteiger partial charge in [-0.15, -0.1) is 0 Å². The summed E-state index contributed by atoms with van der Waals surface area (Å²) in [7, 11) is 1.59. The first kappa shape index (κ1) is 18.5. The Morgan fingerprint density at radius 3 is 2.77 bits per heavy atom. The summed E-state index contributed by atoms with van der Waals surface area (Å²) in [4.78, 5) is 17.2. The van der Waals surface area contributed by atoms with Gasteiger partial charge in [0.1, 0.15) is 5.82 Å². The first-order valence-corrected chi connectivity index (χ1v) is 9.21. The lowest BCUT2D eigenvalue weighted by Crippen LogP contribution is -2.20. The molecule has 0 aliphatic heterocycles. The van der Waals surface area contributed by atoms with Crippen LogP contribution in [0.4, 0.5) is 4.39 Å². The standard InChI is InChI=1S/C20H21FN2O2S/c1-13-7-8-15(11-14(13)2)12-18(24)22-20-23(9-10-25-3)19-16(21)5-4-6-17(19)26-20/h4-8,11H,9-10,12H2,1-3H3. The van der Waals surface area contributed by atoms with Crippen LogP contribution in [0.2, 0.25) is 0 Å². The van der Waals surface area contributed by atoms with E-state index in [9.17, 15) is 9.18 Å². The number of hydrogen-bond donors (Lipinski definition) is 0. The first-order chi connectivity index (χ1) is 12.5. The van der Waals surface area contributed by atoms with E-state index in [4.69, 9.17) is 4.74 Å². The molecule has 0 aliphatic carbocycles. The van der Waals surface area contributed by atoms with E-state index in [-0.39, 0.29) is 18.1 Å². The van der Waals surface area contributed by atoms with Crippen LogP contribution in [0.1, 0.15) is 16.7 Å². The van der Waals surface area contributed by atoms with Crippen molar-refractivity contribution in [3.63, 3.8) is 0 Å². The molecule has 0 aliphatic rings. The Bertz CT molecular complexity index is 1020. The van der Waals surface area contributed by atoms with Gasteiger partial charge in [0.2, 0.25) is 0 Å². The number of nitrogens with zero attached hydrogens (tertiary/aromatic N) is 2. The smallest absolute Gasteiger partial charge is 0.252 e. The molecule has 0 N–H and O–H groups in total. The second kappa shape index (κ2) is 7.93. The molecule has 0 saturated carbocycles. The van der Waals surface area contributed by atoms with Crippen molar-refractivity contribution in [3.05, 3.63) is 63.7 Å². The second-order valence-electron chi connectivity index (χ2n) is 6.22.